The average molecular weight is 218 g/mol. The van der Waals surface area contributed by atoms with Crippen molar-refractivity contribution in [3.63, 3.8) is 0 Å². The third-order valence-corrected chi connectivity index (χ3v) is 2.85. The second-order valence-corrected chi connectivity index (χ2v) is 5.35. The second-order valence-electron chi connectivity index (χ2n) is 5.35. The van der Waals surface area contributed by atoms with Gasteiger partial charge in [-0.1, -0.05) is 20.8 Å². The number of benzene rings is 1. The van der Waals surface area contributed by atoms with Crippen molar-refractivity contribution in [3.8, 4) is 5.75 Å². The number of ether oxygens (including phenoxy) is 1. The Kier molecular flexibility index (Phi) is 2.75. The van der Waals surface area contributed by atoms with Crippen LogP contribution in [-0.2, 0) is 6.42 Å². The molecule has 0 N–H and O–H groups in total. The molecular weight excluding hydrogens is 200 g/mol. The fourth-order valence-electron chi connectivity index (χ4n) is 1.93. The van der Waals surface area contributed by atoms with Crippen molar-refractivity contribution < 1.29 is 9.53 Å². The topological polar surface area (TPSA) is 26.3 Å². The Bertz CT molecular complexity index is 413. The third-order valence-electron chi connectivity index (χ3n) is 2.85. The van der Waals surface area contributed by atoms with E-state index in [0.29, 0.717) is 0 Å². The summed E-state index contributed by atoms with van der Waals surface area (Å²) in [4.78, 5) is 12.1. The lowest BCUT2D eigenvalue weighted by Gasteiger charge is -2.20. The maximum atomic E-state index is 12.1. The van der Waals surface area contributed by atoms with Crippen LogP contribution in [-0.4, -0.2) is 12.4 Å². The molecule has 0 aromatic heterocycles. The van der Waals surface area contributed by atoms with E-state index in [1.54, 1.807) is 0 Å². The van der Waals surface area contributed by atoms with E-state index in [9.17, 15) is 4.79 Å². The Morgan fingerprint density at radius 3 is 2.75 bits per heavy atom. The summed E-state index contributed by atoms with van der Waals surface area (Å²) < 4.78 is 5.53. The molecule has 0 radical (unpaired) electrons. The number of Topliss-reactive ketones (excluding diaryl/α,β-unsaturated/α-hetero) is 1. The van der Waals surface area contributed by atoms with Gasteiger partial charge in [-0.25, -0.2) is 0 Å². The molecule has 0 saturated carbocycles. The largest absolute Gasteiger partial charge is 0.493 e. The number of fused-ring (bicyclic) bond motifs is 1. The predicted molar refractivity (Wildman–Crippen MR) is 64.0 cm³/mol. The molecule has 1 aliphatic heterocycles. The second kappa shape index (κ2) is 3.93. The minimum atomic E-state index is -0.316. The SMILES string of the molecule is CC(C)(C)C(=O)c1ccc2c(c1)CCCO2. The highest BCUT2D eigenvalue weighted by molar-refractivity contribution is 6.00. The lowest BCUT2D eigenvalue weighted by atomic mass is 9.85. The van der Waals surface area contributed by atoms with Gasteiger partial charge < -0.3 is 4.74 Å². The Balaban J connectivity index is 2.34. The van der Waals surface area contributed by atoms with Gasteiger partial charge in [-0.2, -0.15) is 0 Å². The summed E-state index contributed by atoms with van der Waals surface area (Å²) in [7, 11) is 0. The molecule has 2 heteroatoms. The maximum absolute atomic E-state index is 12.1. The number of carbonyl (C=O) groups excluding carboxylic acids is 1. The molecule has 1 aliphatic rings. The van der Waals surface area contributed by atoms with Gasteiger partial charge in [0.25, 0.3) is 0 Å². The maximum Gasteiger partial charge on any atom is 0.168 e. The van der Waals surface area contributed by atoms with Crippen LogP contribution in [0.15, 0.2) is 18.2 Å². The highest BCUT2D eigenvalue weighted by atomic mass is 16.5. The molecule has 0 fully saturated rings. The van der Waals surface area contributed by atoms with Gasteiger partial charge in [0.05, 0.1) is 6.61 Å². The highest BCUT2D eigenvalue weighted by Gasteiger charge is 2.24. The summed E-state index contributed by atoms with van der Waals surface area (Å²) in [6.45, 7) is 6.64. The molecule has 0 spiro atoms. The zero-order chi connectivity index (χ0) is 11.8. The smallest absolute Gasteiger partial charge is 0.168 e. The van der Waals surface area contributed by atoms with Gasteiger partial charge >= 0.3 is 0 Å². The van der Waals surface area contributed by atoms with Crippen molar-refractivity contribution in [3.05, 3.63) is 29.3 Å². The average Bonchev–Trinajstić information content (AvgIpc) is 2.26. The lowest BCUT2D eigenvalue weighted by Crippen LogP contribution is -2.20. The number of hydrogen-bond donors (Lipinski definition) is 0. The molecule has 16 heavy (non-hydrogen) atoms. The van der Waals surface area contributed by atoms with Crippen LogP contribution in [0.25, 0.3) is 0 Å². The van der Waals surface area contributed by atoms with E-state index < -0.39 is 0 Å². The molecule has 2 rings (SSSR count). The number of ketones is 1. The van der Waals surface area contributed by atoms with Crippen molar-refractivity contribution >= 4 is 5.78 Å². The van der Waals surface area contributed by atoms with Gasteiger partial charge in [0.1, 0.15) is 5.75 Å². The van der Waals surface area contributed by atoms with Gasteiger partial charge in [-0.05, 0) is 36.6 Å². The van der Waals surface area contributed by atoms with Crippen molar-refractivity contribution in [2.45, 2.75) is 33.6 Å². The van der Waals surface area contributed by atoms with Crippen LogP contribution in [0.3, 0.4) is 0 Å². The van der Waals surface area contributed by atoms with E-state index in [-0.39, 0.29) is 11.2 Å². The van der Waals surface area contributed by atoms with Gasteiger partial charge in [0.2, 0.25) is 0 Å². The molecule has 1 aromatic carbocycles. The zero-order valence-electron chi connectivity index (χ0n) is 10.2. The highest BCUT2D eigenvalue weighted by Crippen LogP contribution is 2.28. The first-order valence-electron chi connectivity index (χ1n) is 5.79. The summed E-state index contributed by atoms with van der Waals surface area (Å²) in [6, 6.07) is 5.78. The minimum absolute atomic E-state index is 0.195. The predicted octanol–water partition coefficient (Wildman–Crippen LogP) is 3.24. The number of rotatable bonds is 1. The Hall–Kier alpha value is -1.31. The zero-order valence-corrected chi connectivity index (χ0v) is 10.2. The molecule has 0 bridgehead atoms. The van der Waals surface area contributed by atoms with E-state index >= 15 is 0 Å². The molecule has 2 nitrogen and oxygen atoms in total. The molecule has 0 saturated heterocycles. The molecule has 0 aliphatic carbocycles. The van der Waals surface area contributed by atoms with Crippen LogP contribution in [0.4, 0.5) is 0 Å². The minimum Gasteiger partial charge on any atom is -0.493 e. The van der Waals surface area contributed by atoms with Crippen LogP contribution in [0.5, 0.6) is 5.75 Å². The van der Waals surface area contributed by atoms with Gasteiger partial charge in [0, 0.05) is 11.0 Å². The quantitative estimate of drug-likeness (QED) is 0.676. The number of aryl methyl sites for hydroxylation is 1. The first kappa shape index (κ1) is 11.2. The van der Waals surface area contributed by atoms with Crippen LogP contribution in [0, 0.1) is 5.41 Å². The van der Waals surface area contributed by atoms with E-state index in [4.69, 9.17) is 4.74 Å². The fourth-order valence-corrected chi connectivity index (χ4v) is 1.93. The Morgan fingerprint density at radius 2 is 2.06 bits per heavy atom. The van der Waals surface area contributed by atoms with E-state index in [1.807, 2.05) is 39.0 Å². The Labute approximate surface area is 96.6 Å². The van der Waals surface area contributed by atoms with Gasteiger partial charge in [-0.15, -0.1) is 0 Å². The molecule has 1 heterocycles. The van der Waals surface area contributed by atoms with Gasteiger partial charge in [0.15, 0.2) is 5.78 Å². The molecule has 0 unspecified atom stereocenters. The number of hydrogen-bond acceptors (Lipinski definition) is 2. The third kappa shape index (κ3) is 2.11. The van der Waals surface area contributed by atoms with E-state index in [0.717, 1.165) is 30.8 Å². The van der Waals surface area contributed by atoms with Crippen molar-refractivity contribution in [2.24, 2.45) is 5.41 Å². The fraction of sp³-hybridized carbons (Fsp3) is 0.500. The van der Waals surface area contributed by atoms with Crippen LogP contribution in [0.1, 0.15) is 43.1 Å². The normalized spacial score (nSPS) is 15.2. The summed E-state index contributed by atoms with van der Waals surface area (Å²) >= 11 is 0. The van der Waals surface area contributed by atoms with Crippen molar-refractivity contribution in [1.82, 2.24) is 0 Å². The molecule has 86 valence electrons. The summed E-state index contributed by atoms with van der Waals surface area (Å²) in [5.41, 5.74) is 1.65. The van der Waals surface area contributed by atoms with Crippen LogP contribution >= 0.6 is 0 Å². The summed E-state index contributed by atoms with van der Waals surface area (Å²) in [5, 5.41) is 0. The summed E-state index contributed by atoms with van der Waals surface area (Å²) in [6.07, 6.45) is 2.06. The van der Waals surface area contributed by atoms with E-state index in [2.05, 4.69) is 0 Å². The van der Waals surface area contributed by atoms with E-state index in [1.165, 1.54) is 5.56 Å². The number of carbonyl (C=O) groups is 1. The summed E-state index contributed by atoms with van der Waals surface area (Å²) in [5.74, 6) is 1.14. The molecular formula is C14H18O2. The lowest BCUT2D eigenvalue weighted by molar-refractivity contribution is 0.0858. The van der Waals surface area contributed by atoms with Gasteiger partial charge in [-0.3, -0.25) is 4.79 Å². The van der Waals surface area contributed by atoms with Crippen molar-refractivity contribution in [2.75, 3.05) is 6.61 Å². The standard InChI is InChI=1S/C14H18O2/c1-14(2,3)13(15)11-6-7-12-10(9-11)5-4-8-16-12/h6-7,9H,4-5,8H2,1-3H3. The van der Waals surface area contributed by atoms with Crippen LogP contribution < -0.4 is 4.74 Å². The van der Waals surface area contributed by atoms with Crippen LogP contribution in [0.2, 0.25) is 0 Å². The first-order valence-corrected chi connectivity index (χ1v) is 5.79. The monoisotopic (exact) mass is 218 g/mol. The van der Waals surface area contributed by atoms with Crippen molar-refractivity contribution in [1.29, 1.82) is 0 Å². The Morgan fingerprint density at radius 1 is 1.31 bits per heavy atom. The molecule has 1 aromatic rings. The molecule has 0 atom stereocenters. The molecule has 0 amide bonds. The first-order chi connectivity index (χ1) is 7.48.